The van der Waals surface area contributed by atoms with Gasteiger partial charge in [-0.15, -0.1) is 0 Å². The first-order valence-corrected chi connectivity index (χ1v) is 10.5. The van der Waals surface area contributed by atoms with E-state index in [0.717, 1.165) is 22.3 Å². The fourth-order valence-corrected chi connectivity index (χ4v) is 3.97. The first-order chi connectivity index (χ1) is 15.9. The highest BCUT2D eigenvalue weighted by Crippen LogP contribution is 2.35. The minimum atomic E-state index is -1.12. The molecule has 4 aromatic rings. The number of carbonyl (C=O) groups excluding carboxylic acids is 1. The lowest BCUT2D eigenvalue weighted by Crippen LogP contribution is -2.30. The number of fused-ring (bicyclic) bond motifs is 1. The monoisotopic (exact) mass is 446 g/mol. The zero-order valence-electron chi connectivity index (χ0n) is 18.2. The van der Waals surface area contributed by atoms with Crippen molar-refractivity contribution < 1.29 is 28.2 Å². The number of ether oxygens (including phenoxy) is 1. The van der Waals surface area contributed by atoms with E-state index in [1.807, 2.05) is 43.3 Å². The van der Waals surface area contributed by atoms with E-state index in [9.17, 15) is 19.1 Å². The van der Waals surface area contributed by atoms with Gasteiger partial charge < -0.3 is 14.3 Å². The Bertz CT molecular complexity index is 1290. The van der Waals surface area contributed by atoms with Gasteiger partial charge in [0.1, 0.15) is 23.1 Å². The van der Waals surface area contributed by atoms with Gasteiger partial charge in [0, 0.05) is 5.39 Å². The van der Waals surface area contributed by atoms with Crippen LogP contribution in [0.15, 0.2) is 77.2 Å². The van der Waals surface area contributed by atoms with Gasteiger partial charge in [-0.3, -0.25) is 9.59 Å². The van der Waals surface area contributed by atoms with Crippen LogP contribution in [0.1, 0.15) is 22.8 Å². The van der Waals surface area contributed by atoms with E-state index < -0.39 is 23.8 Å². The Morgan fingerprint density at radius 1 is 0.970 bits per heavy atom. The van der Waals surface area contributed by atoms with Crippen molar-refractivity contribution in [3.8, 4) is 11.1 Å². The second kappa shape index (κ2) is 9.28. The van der Waals surface area contributed by atoms with Crippen LogP contribution in [0.25, 0.3) is 22.1 Å². The topological polar surface area (TPSA) is 76.7 Å². The van der Waals surface area contributed by atoms with E-state index >= 15 is 0 Å². The first kappa shape index (κ1) is 22.3. The molecule has 0 saturated carbocycles. The predicted molar refractivity (Wildman–Crippen MR) is 122 cm³/mol. The summed E-state index contributed by atoms with van der Waals surface area (Å²) in [5.74, 6) is -4.06. The van der Waals surface area contributed by atoms with Gasteiger partial charge in [0.25, 0.3) is 0 Å². The Kier molecular flexibility index (Phi) is 6.27. The maximum atomic E-state index is 13.3. The molecule has 2 atom stereocenters. The summed E-state index contributed by atoms with van der Waals surface area (Å²) in [4.78, 5) is 24.9. The number of aliphatic carboxylic acids is 1. The molecular weight excluding hydrogens is 423 g/mol. The number of carbonyl (C=O) groups is 2. The fourth-order valence-electron chi connectivity index (χ4n) is 3.97. The van der Waals surface area contributed by atoms with Crippen LogP contribution in [0.2, 0.25) is 0 Å². The highest BCUT2D eigenvalue weighted by atomic mass is 19.1. The zero-order valence-corrected chi connectivity index (χ0v) is 18.2. The molecule has 2 unspecified atom stereocenters. The number of carboxylic acids is 1. The molecule has 5 nitrogen and oxygen atoms in total. The molecule has 4 rings (SSSR count). The minimum absolute atomic E-state index is 0.146. The fraction of sp³-hybridized carbons (Fsp3) is 0.185. The average molecular weight is 446 g/mol. The van der Waals surface area contributed by atoms with Gasteiger partial charge in [-0.05, 0) is 60.4 Å². The SMILES string of the molecule is COC(=O)C(c1cc2cc(-c3ccc(F)cc3)ccc2o1)C(Cc1ccc(C)cc1)C(=O)O. The Balaban J connectivity index is 1.72. The molecule has 0 amide bonds. The van der Waals surface area contributed by atoms with Crippen LogP contribution in [0.4, 0.5) is 4.39 Å². The van der Waals surface area contributed by atoms with Gasteiger partial charge in [0.15, 0.2) is 0 Å². The maximum absolute atomic E-state index is 13.3. The predicted octanol–water partition coefficient (Wildman–Crippen LogP) is 5.75. The summed E-state index contributed by atoms with van der Waals surface area (Å²) in [6.45, 7) is 1.95. The molecule has 3 aromatic carbocycles. The molecule has 1 heterocycles. The number of furan rings is 1. The third kappa shape index (κ3) is 4.80. The van der Waals surface area contributed by atoms with Crippen molar-refractivity contribution in [1.29, 1.82) is 0 Å². The van der Waals surface area contributed by atoms with E-state index in [1.165, 1.54) is 19.2 Å². The third-order valence-electron chi connectivity index (χ3n) is 5.77. The Hall–Kier alpha value is -3.93. The van der Waals surface area contributed by atoms with Crippen LogP contribution >= 0.6 is 0 Å². The summed E-state index contributed by atoms with van der Waals surface area (Å²) >= 11 is 0. The summed E-state index contributed by atoms with van der Waals surface area (Å²) in [6.07, 6.45) is 0.146. The van der Waals surface area contributed by atoms with Crippen molar-refractivity contribution in [3.05, 3.63) is 95.5 Å². The van der Waals surface area contributed by atoms with Crippen molar-refractivity contribution >= 4 is 22.9 Å². The molecule has 0 aliphatic carbocycles. The van der Waals surface area contributed by atoms with Crippen LogP contribution in [-0.4, -0.2) is 24.2 Å². The molecule has 1 aromatic heterocycles. The van der Waals surface area contributed by atoms with Gasteiger partial charge in [-0.25, -0.2) is 4.39 Å². The molecule has 6 heteroatoms. The van der Waals surface area contributed by atoms with Gasteiger partial charge in [0.05, 0.1) is 13.0 Å². The van der Waals surface area contributed by atoms with E-state index in [2.05, 4.69) is 0 Å². The van der Waals surface area contributed by atoms with E-state index in [4.69, 9.17) is 9.15 Å². The number of rotatable bonds is 7. The van der Waals surface area contributed by atoms with Crippen molar-refractivity contribution in [1.82, 2.24) is 0 Å². The lowest BCUT2D eigenvalue weighted by Gasteiger charge is -2.20. The Morgan fingerprint density at radius 3 is 2.27 bits per heavy atom. The van der Waals surface area contributed by atoms with Crippen LogP contribution < -0.4 is 0 Å². The highest BCUT2D eigenvalue weighted by molar-refractivity contribution is 5.89. The van der Waals surface area contributed by atoms with E-state index in [0.29, 0.717) is 11.0 Å². The molecule has 1 N–H and O–H groups in total. The molecule has 0 radical (unpaired) electrons. The first-order valence-electron chi connectivity index (χ1n) is 10.5. The average Bonchev–Trinajstić information content (AvgIpc) is 3.23. The number of esters is 1. The van der Waals surface area contributed by atoms with E-state index in [-0.39, 0.29) is 18.0 Å². The molecule has 0 bridgehead atoms. The number of hydrogen-bond donors (Lipinski definition) is 1. The summed E-state index contributed by atoms with van der Waals surface area (Å²) in [5, 5.41) is 10.7. The Morgan fingerprint density at radius 2 is 1.64 bits per heavy atom. The number of carboxylic acid groups (broad SMARTS) is 1. The van der Waals surface area contributed by atoms with Gasteiger partial charge >= 0.3 is 11.9 Å². The Labute approximate surface area is 190 Å². The molecular formula is C27H23FO5. The van der Waals surface area contributed by atoms with Crippen molar-refractivity contribution in [3.63, 3.8) is 0 Å². The molecule has 0 aliphatic heterocycles. The molecule has 0 spiro atoms. The van der Waals surface area contributed by atoms with Gasteiger partial charge in [-0.1, -0.05) is 48.0 Å². The van der Waals surface area contributed by atoms with E-state index in [1.54, 1.807) is 24.3 Å². The van der Waals surface area contributed by atoms with Crippen LogP contribution in [0.3, 0.4) is 0 Å². The molecule has 0 saturated heterocycles. The lowest BCUT2D eigenvalue weighted by molar-refractivity contribution is -0.152. The van der Waals surface area contributed by atoms with Crippen molar-refractivity contribution in [2.45, 2.75) is 19.3 Å². The molecule has 0 aliphatic rings. The third-order valence-corrected chi connectivity index (χ3v) is 5.77. The van der Waals surface area contributed by atoms with Crippen LogP contribution in [0.5, 0.6) is 0 Å². The maximum Gasteiger partial charge on any atom is 0.317 e. The normalized spacial score (nSPS) is 12.9. The summed E-state index contributed by atoms with van der Waals surface area (Å²) in [5.41, 5.74) is 4.05. The number of methoxy groups -OCH3 is 1. The number of aryl methyl sites for hydroxylation is 1. The molecule has 168 valence electrons. The molecule has 33 heavy (non-hydrogen) atoms. The number of hydrogen-bond acceptors (Lipinski definition) is 4. The van der Waals surface area contributed by atoms with Gasteiger partial charge in [0.2, 0.25) is 0 Å². The van der Waals surface area contributed by atoms with Gasteiger partial charge in [-0.2, -0.15) is 0 Å². The number of halogens is 1. The number of benzene rings is 3. The standard InChI is InChI=1S/C27H23FO5/c1-16-3-5-17(6-4-16)13-22(26(29)30)25(27(31)32-2)24-15-20-14-19(9-12-23(20)33-24)18-7-10-21(28)11-8-18/h3-12,14-15,22,25H,13H2,1-2H3,(H,29,30). The highest BCUT2D eigenvalue weighted by Gasteiger charge is 2.38. The van der Waals surface area contributed by atoms with Crippen molar-refractivity contribution in [2.24, 2.45) is 5.92 Å². The largest absolute Gasteiger partial charge is 0.481 e. The van der Waals surface area contributed by atoms with Crippen LogP contribution in [0, 0.1) is 18.7 Å². The minimum Gasteiger partial charge on any atom is -0.481 e. The quantitative estimate of drug-likeness (QED) is 0.366. The van der Waals surface area contributed by atoms with Crippen molar-refractivity contribution in [2.75, 3.05) is 7.11 Å². The smallest absolute Gasteiger partial charge is 0.317 e. The zero-order chi connectivity index (χ0) is 23.5. The summed E-state index contributed by atoms with van der Waals surface area (Å²) in [6, 6.07) is 20.8. The van der Waals surface area contributed by atoms with Crippen LogP contribution in [-0.2, 0) is 20.7 Å². The second-order valence-electron chi connectivity index (χ2n) is 8.04. The molecule has 0 fully saturated rings. The summed E-state index contributed by atoms with van der Waals surface area (Å²) in [7, 11) is 1.23. The summed E-state index contributed by atoms with van der Waals surface area (Å²) < 4.78 is 24.2. The second-order valence-corrected chi connectivity index (χ2v) is 8.04. The lowest BCUT2D eigenvalue weighted by atomic mass is 9.84.